The first-order valence-electron chi connectivity index (χ1n) is 18.3. The lowest BCUT2D eigenvalue weighted by atomic mass is 9.79. The van der Waals surface area contributed by atoms with Crippen molar-refractivity contribution in [1.82, 2.24) is 4.90 Å². The molecule has 3 aliphatic rings. The quantitative estimate of drug-likeness (QED) is 0.0670. The minimum absolute atomic E-state index is 0.164. The van der Waals surface area contributed by atoms with E-state index >= 15 is 0 Å². The second-order valence-corrected chi connectivity index (χ2v) is 14.9. The molecule has 0 spiro atoms. The fraction of sp³-hybridized carbons (Fsp3) is 0.789. The van der Waals surface area contributed by atoms with E-state index in [-0.39, 0.29) is 12.3 Å². The highest BCUT2D eigenvalue weighted by Gasteiger charge is 2.53. The maximum Gasteiger partial charge on any atom is 0.328 e. The van der Waals surface area contributed by atoms with Gasteiger partial charge in [0.05, 0.1) is 25.4 Å². The summed E-state index contributed by atoms with van der Waals surface area (Å²) in [4.78, 5) is 53.1. The smallest absolute Gasteiger partial charge is 0.328 e. The van der Waals surface area contributed by atoms with Crippen LogP contribution in [0.5, 0.6) is 0 Å². The molecule has 2 heterocycles. The van der Waals surface area contributed by atoms with E-state index in [1.807, 2.05) is 6.08 Å². The number of aliphatic hydroxyl groups excluding tert-OH is 2. The number of esters is 1. The Kier molecular flexibility index (Phi) is 15.9. The van der Waals surface area contributed by atoms with Crippen molar-refractivity contribution < 1.29 is 44.0 Å². The zero-order chi connectivity index (χ0) is 35.4. The highest BCUT2D eigenvalue weighted by Crippen LogP contribution is 2.37. The molecule has 0 aromatic heterocycles. The molecule has 0 aromatic carbocycles. The summed E-state index contributed by atoms with van der Waals surface area (Å²) in [5, 5.41) is 31.1. The van der Waals surface area contributed by atoms with Crippen molar-refractivity contribution in [1.29, 1.82) is 0 Å². The molecule has 10 nitrogen and oxygen atoms in total. The molecule has 0 radical (unpaired) electrons. The molecule has 10 heteroatoms. The molecule has 0 bridgehead atoms. The Bertz CT molecular complexity index is 1140. The van der Waals surface area contributed by atoms with Crippen LogP contribution >= 0.6 is 0 Å². The highest BCUT2D eigenvalue weighted by atomic mass is 16.6. The number of ether oxygens (including phenoxy) is 2. The Morgan fingerprint density at radius 1 is 0.958 bits per heavy atom. The minimum atomic E-state index is -2.38. The maximum absolute atomic E-state index is 13.4. The van der Waals surface area contributed by atoms with Crippen molar-refractivity contribution in [3.63, 3.8) is 0 Å². The van der Waals surface area contributed by atoms with Crippen molar-refractivity contribution in [2.45, 2.75) is 148 Å². The van der Waals surface area contributed by atoms with Gasteiger partial charge in [0, 0.05) is 18.4 Å². The molecular weight excluding hydrogens is 614 g/mol. The van der Waals surface area contributed by atoms with Crippen LogP contribution in [0.4, 0.5) is 0 Å². The number of unbranched alkanes of at least 4 members (excludes halogenated alkanes) is 1. The van der Waals surface area contributed by atoms with Gasteiger partial charge in [0.25, 0.3) is 11.7 Å². The molecule has 0 unspecified atom stereocenters. The molecule has 2 saturated heterocycles. The van der Waals surface area contributed by atoms with Gasteiger partial charge in [-0.2, -0.15) is 0 Å². The van der Waals surface area contributed by atoms with Gasteiger partial charge in [-0.1, -0.05) is 58.8 Å². The number of carbonyl (C=O) groups is 4. The maximum atomic E-state index is 13.4. The van der Waals surface area contributed by atoms with Gasteiger partial charge in [-0.25, -0.2) is 4.79 Å². The van der Waals surface area contributed by atoms with Gasteiger partial charge in [0.2, 0.25) is 5.79 Å². The number of allylic oxidation sites excluding steroid dienone is 4. The number of piperidine rings is 1. The third-order valence-corrected chi connectivity index (χ3v) is 10.9. The standard InChI is InChI=1S/C38H61NO9/c1-25(14-12-15-26(2)23-29-19-20-32(41)33(42)24-29)13-8-6-7-9-17-31(40)28(4)34-21-18-27(3)38(46,48-34)35(43)36(44)39-22-11-10-16-30(39)37(45)47-5/h8-9,13,17,25-30,32-34,41-42,46H,6-7,10-12,14-16,18-24H2,1-5H3/t25-,26+,27-,28+,29+,30+,32-,33-,34+,38-/m1/s1. The highest BCUT2D eigenvalue weighted by molar-refractivity contribution is 6.39. The molecule has 1 saturated carbocycles. The van der Waals surface area contributed by atoms with Gasteiger partial charge < -0.3 is 29.7 Å². The van der Waals surface area contributed by atoms with Crippen molar-refractivity contribution >= 4 is 23.4 Å². The van der Waals surface area contributed by atoms with E-state index in [1.165, 1.54) is 18.1 Å². The lowest BCUT2D eigenvalue weighted by molar-refractivity contribution is -0.268. The van der Waals surface area contributed by atoms with Crippen LogP contribution in [-0.4, -0.2) is 87.5 Å². The number of nitrogens with zero attached hydrogens (tertiary/aromatic N) is 1. The normalized spacial score (nSPS) is 31.8. The number of likely N-dealkylation sites (tertiary alicyclic amines) is 1. The predicted molar refractivity (Wildman–Crippen MR) is 182 cm³/mol. The Labute approximate surface area is 287 Å². The van der Waals surface area contributed by atoms with E-state index in [0.717, 1.165) is 44.9 Å². The number of rotatable bonds is 16. The number of Topliss-reactive ketones (excluding diaryl/α,β-unsaturated/α-hetero) is 1. The summed E-state index contributed by atoms with van der Waals surface area (Å²) in [5.74, 6) is -4.89. The zero-order valence-corrected chi connectivity index (χ0v) is 29.9. The van der Waals surface area contributed by atoms with E-state index in [4.69, 9.17) is 9.47 Å². The first-order chi connectivity index (χ1) is 22.8. The van der Waals surface area contributed by atoms with Gasteiger partial charge in [0.15, 0.2) is 5.78 Å². The number of hydrogen-bond acceptors (Lipinski definition) is 9. The Balaban J connectivity index is 1.40. The predicted octanol–water partition coefficient (Wildman–Crippen LogP) is 5.07. The fourth-order valence-electron chi connectivity index (χ4n) is 7.54. The monoisotopic (exact) mass is 675 g/mol. The number of amides is 1. The first kappa shape index (κ1) is 40.0. The lowest BCUT2D eigenvalue weighted by Gasteiger charge is -2.43. The van der Waals surface area contributed by atoms with Crippen molar-refractivity contribution in [2.75, 3.05) is 13.7 Å². The minimum Gasteiger partial charge on any atom is -0.467 e. The Morgan fingerprint density at radius 2 is 1.69 bits per heavy atom. The molecule has 1 aliphatic carbocycles. The van der Waals surface area contributed by atoms with E-state index in [1.54, 1.807) is 13.8 Å². The third-order valence-electron chi connectivity index (χ3n) is 10.9. The van der Waals surface area contributed by atoms with Gasteiger partial charge in [-0.05, 0) is 101 Å². The van der Waals surface area contributed by atoms with E-state index in [2.05, 4.69) is 26.0 Å². The summed E-state index contributed by atoms with van der Waals surface area (Å²) in [6.07, 6.45) is 17.0. The summed E-state index contributed by atoms with van der Waals surface area (Å²) in [5.41, 5.74) is 0. The number of carbonyl (C=O) groups excluding carboxylic acids is 4. The number of methoxy groups -OCH3 is 1. The van der Waals surface area contributed by atoms with E-state index in [0.29, 0.717) is 62.7 Å². The second-order valence-electron chi connectivity index (χ2n) is 14.9. The Morgan fingerprint density at radius 3 is 2.40 bits per heavy atom. The molecule has 1 amide bonds. The number of aliphatic hydroxyl groups is 3. The van der Waals surface area contributed by atoms with Gasteiger partial charge in [-0.3, -0.25) is 14.4 Å². The largest absolute Gasteiger partial charge is 0.467 e. The molecular formula is C38H61NO9. The first-order valence-corrected chi connectivity index (χ1v) is 18.3. The number of ketones is 2. The van der Waals surface area contributed by atoms with Gasteiger partial charge in [0.1, 0.15) is 6.04 Å². The fourth-order valence-corrected chi connectivity index (χ4v) is 7.54. The van der Waals surface area contributed by atoms with Crippen LogP contribution in [0, 0.1) is 29.6 Å². The Hall–Kier alpha value is -2.40. The van der Waals surface area contributed by atoms with Crippen LogP contribution in [0.2, 0.25) is 0 Å². The molecule has 272 valence electrons. The van der Waals surface area contributed by atoms with Crippen LogP contribution in [0.3, 0.4) is 0 Å². The molecule has 2 aliphatic heterocycles. The van der Waals surface area contributed by atoms with Gasteiger partial charge in [-0.15, -0.1) is 0 Å². The summed E-state index contributed by atoms with van der Waals surface area (Å²) < 4.78 is 10.7. The summed E-state index contributed by atoms with van der Waals surface area (Å²) >= 11 is 0. The molecule has 3 fully saturated rings. The molecule has 48 heavy (non-hydrogen) atoms. The van der Waals surface area contributed by atoms with Crippen LogP contribution in [-0.2, 0) is 28.7 Å². The van der Waals surface area contributed by atoms with Crippen LogP contribution in [0.25, 0.3) is 0 Å². The molecule has 0 aromatic rings. The zero-order valence-electron chi connectivity index (χ0n) is 29.9. The third kappa shape index (κ3) is 11.1. The molecule has 3 N–H and O–H groups in total. The summed E-state index contributed by atoms with van der Waals surface area (Å²) in [6, 6.07) is -0.873. The van der Waals surface area contributed by atoms with E-state index in [9.17, 15) is 34.5 Å². The molecule has 3 rings (SSSR count). The topological polar surface area (TPSA) is 151 Å². The number of hydrogen-bond donors (Lipinski definition) is 3. The average molecular weight is 676 g/mol. The van der Waals surface area contributed by atoms with Crippen molar-refractivity contribution in [3.8, 4) is 0 Å². The lowest BCUT2D eigenvalue weighted by Crippen LogP contribution is -2.61. The van der Waals surface area contributed by atoms with Crippen LogP contribution < -0.4 is 0 Å². The van der Waals surface area contributed by atoms with Gasteiger partial charge >= 0.3 is 5.97 Å². The van der Waals surface area contributed by atoms with Crippen LogP contribution in [0.1, 0.15) is 118 Å². The average Bonchev–Trinajstić information content (AvgIpc) is 3.07. The van der Waals surface area contributed by atoms with Crippen molar-refractivity contribution in [2.24, 2.45) is 29.6 Å². The molecule has 10 atom stereocenters. The van der Waals surface area contributed by atoms with E-state index < -0.39 is 59.6 Å². The summed E-state index contributed by atoms with van der Waals surface area (Å²) in [6.45, 7) is 8.08. The van der Waals surface area contributed by atoms with Crippen molar-refractivity contribution in [3.05, 3.63) is 24.3 Å². The second kappa shape index (κ2) is 19.1. The summed E-state index contributed by atoms with van der Waals surface area (Å²) in [7, 11) is 1.24. The SMILES string of the molecule is COC(=O)[C@@H]1CCCCN1C(=O)C(=O)[C@]1(O)O[C@H]([C@@H](C)C(=O)C=CCCC=C[C@@H](C)CCC[C@H](C)C[C@@H]2CC[C@@H](O)[C@H](O)C2)CC[C@H]1C. The van der Waals surface area contributed by atoms with Crippen LogP contribution in [0.15, 0.2) is 24.3 Å².